The molecule has 0 aliphatic heterocycles. The highest BCUT2D eigenvalue weighted by Gasteiger charge is 2.42. The minimum atomic E-state index is 0.420. The van der Waals surface area contributed by atoms with Gasteiger partial charge in [0.25, 0.3) is 0 Å². The summed E-state index contributed by atoms with van der Waals surface area (Å²) in [5.74, 6) is 0. The zero-order valence-corrected chi connectivity index (χ0v) is 9.44. The van der Waals surface area contributed by atoms with E-state index in [0.717, 1.165) is 13.1 Å². The van der Waals surface area contributed by atoms with Crippen LogP contribution in [0, 0.1) is 5.41 Å². The van der Waals surface area contributed by atoms with E-state index in [1.807, 2.05) is 0 Å². The monoisotopic (exact) mass is 196 g/mol. The zero-order valence-electron chi connectivity index (χ0n) is 9.44. The third-order valence-corrected chi connectivity index (χ3v) is 4.24. The second-order valence-corrected chi connectivity index (χ2v) is 5.68. The average Bonchev–Trinajstić information content (AvgIpc) is 2.97. The summed E-state index contributed by atoms with van der Waals surface area (Å²) in [5, 5.41) is 3.77. The second kappa shape index (κ2) is 3.82. The molecule has 82 valence electrons. The maximum atomic E-state index is 5.79. The van der Waals surface area contributed by atoms with E-state index in [-0.39, 0.29) is 0 Å². The normalized spacial score (nSPS) is 28.7. The first-order chi connectivity index (χ1) is 6.68. The highest BCUT2D eigenvalue weighted by molar-refractivity contribution is 4.98. The van der Waals surface area contributed by atoms with E-state index >= 15 is 0 Å². The maximum absolute atomic E-state index is 5.79. The van der Waals surface area contributed by atoms with Crippen molar-refractivity contribution in [3.8, 4) is 0 Å². The lowest BCUT2D eigenvalue weighted by Crippen LogP contribution is -2.47. The molecule has 2 aliphatic carbocycles. The van der Waals surface area contributed by atoms with Gasteiger partial charge in [0.2, 0.25) is 0 Å². The van der Waals surface area contributed by atoms with Crippen molar-refractivity contribution in [3.63, 3.8) is 0 Å². The van der Waals surface area contributed by atoms with Gasteiger partial charge in [0.15, 0.2) is 0 Å². The molecule has 2 rings (SSSR count). The van der Waals surface area contributed by atoms with Crippen molar-refractivity contribution in [2.24, 2.45) is 11.1 Å². The molecule has 2 saturated carbocycles. The van der Waals surface area contributed by atoms with Crippen LogP contribution in [0.4, 0.5) is 0 Å². The Bertz CT molecular complexity index is 190. The lowest BCUT2D eigenvalue weighted by Gasteiger charge is -2.36. The minimum Gasteiger partial charge on any atom is -0.330 e. The molecule has 2 heteroatoms. The lowest BCUT2D eigenvalue weighted by atomic mass is 9.83. The van der Waals surface area contributed by atoms with Crippen LogP contribution >= 0.6 is 0 Å². The van der Waals surface area contributed by atoms with Crippen molar-refractivity contribution in [1.29, 1.82) is 0 Å². The largest absolute Gasteiger partial charge is 0.330 e. The Balaban J connectivity index is 1.78. The minimum absolute atomic E-state index is 0.420. The first-order valence-electron chi connectivity index (χ1n) is 6.13. The topological polar surface area (TPSA) is 38.0 Å². The van der Waals surface area contributed by atoms with E-state index in [2.05, 4.69) is 12.2 Å². The molecule has 0 bridgehead atoms. The van der Waals surface area contributed by atoms with Crippen molar-refractivity contribution in [2.45, 2.75) is 57.4 Å². The Hall–Kier alpha value is -0.0800. The van der Waals surface area contributed by atoms with Crippen molar-refractivity contribution < 1.29 is 0 Å². The predicted molar refractivity (Wildman–Crippen MR) is 60.2 cm³/mol. The van der Waals surface area contributed by atoms with Crippen LogP contribution in [0.15, 0.2) is 0 Å². The fourth-order valence-corrected chi connectivity index (χ4v) is 2.54. The highest BCUT2D eigenvalue weighted by Crippen LogP contribution is 2.44. The van der Waals surface area contributed by atoms with Crippen LogP contribution < -0.4 is 11.1 Å². The molecule has 0 aromatic carbocycles. The number of rotatable bonds is 4. The molecule has 0 aromatic rings. The summed E-state index contributed by atoms with van der Waals surface area (Å²) in [7, 11) is 0. The molecular formula is C12H24N2. The van der Waals surface area contributed by atoms with E-state index in [1.165, 1.54) is 44.9 Å². The molecule has 0 saturated heterocycles. The van der Waals surface area contributed by atoms with Gasteiger partial charge in [-0.2, -0.15) is 0 Å². The van der Waals surface area contributed by atoms with Crippen LogP contribution in [0.25, 0.3) is 0 Å². The molecule has 0 heterocycles. The van der Waals surface area contributed by atoms with Gasteiger partial charge in [0.1, 0.15) is 0 Å². The van der Waals surface area contributed by atoms with Crippen LogP contribution in [0.1, 0.15) is 51.9 Å². The first-order valence-corrected chi connectivity index (χ1v) is 6.13. The summed E-state index contributed by atoms with van der Waals surface area (Å²) >= 11 is 0. The number of hydrogen-bond donors (Lipinski definition) is 2. The van der Waals surface area contributed by atoms with Gasteiger partial charge in [-0.3, -0.25) is 0 Å². The third kappa shape index (κ3) is 2.29. The summed E-state index contributed by atoms with van der Waals surface area (Å²) in [4.78, 5) is 0. The molecule has 0 spiro atoms. The summed E-state index contributed by atoms with van der Waals surface area (Å²) in [5.41, 5.74) is 6.69. The van der Waals surface area contributed by atoms with Crippen molar-refractivity contribution in [1.82, 2.24) is 5.32 Å². The number of hydrogen-bond acceptors (Lipinski definition) is 2. The molecule has 14 heavy (non-hydrogen) atoms. The maximum Gasteiger partial charge on any atom is 0.0153 e. The van der Waals surface area contributed by atoms with E-state index in [9.17, 15) is 0 Å². The van der Waals surface area contributed by atoms with Crippen LogP contribution in [0.2, 0.25) is 0 Å². The Labute approximate surface area is 87.6 Å². The molecule has 2 nitrogen and oxygen atoms in total. The van der Waals surface area contributed by atoms with Crippen LogP contribution in [-0.2, 0) is 0 Å². The summed E-state index contributed by atoms with van der Waals surface area (Å²) in [6.45, 7) is 4.41. The van der Waals surface area contributed by atoms with Crippen LogP contribution in [0.3, 0.4) is 0 Å². The lowest BCUT2D eigenvalue weighted by molar-refractivity contribution is 0.237. The Morgan fingerprint density at radius 2 is 1.71 bits per heavy atom. The van der Waals surface area contributed by atoms with Crippen LogP contribution in [-0.4, -0.2) is 18.6 Å². The molecule has 0 unspecified atom stereocenters. The van der Waals surface area contributed by atoms with Gasteiger partial charge in [-0.25, -0.2) is 0 Å². The Morgan fingerprint density at radius 1 is 1.07 bits per heavy atom. The summed E-state index contributed by atoms with van der Waals surface area (Å²) in [6, 6.07) is 0. The molecule has 2 fully saturated rings. The Kier molecular flexibility index (Phi) is 2.85. The fraction of sp³-hybridized carbons (Fsp3) is 1.00. The zero-order chi connectivity index (χ0) is 10.1. The molecule has 2 aliphatic rings. The van der Waals surface area contributed by atoms with Gasteiger partial charge in [0, 0.05) is 12.1 Å². The van der Waals surface area contributed by atoms with Gasteiger partial charge >= 0.3 is 0 Å². The van der Waals surface area contributed by atoms with Gasteiger partial charge in [-0.1, -0.05) is 19.3 Å². The Morgan fingerprint density at radius 3 is 2.21 bits per heavy atom. The molecule has 0 amide bonds. The fourth-order valence-electron chi connectivity index (χ4n) is 2.54. The van der Waals surface area contributed by atoms with E-state index in [1.54, 1.807) is 0 Å². The van der Waals surface area contributed by atoms with E-state index in [4.69, 9.17) is 5.73 Å². The van der Waals surface area contributed by atoms with E-state index in [0.29, 0.717) is 11.0 Å². The van der Waals surface area contributed by atoms with Crippen molar-refractivity contribution >= 4 is 0 Å². The van der Waals surface area contributed by atoms with Gasteiger partial charge < -0.3 is 11.1 Å². The second-order valence-electron chi connectivity index (χ2n) is 5.68. The third-order valence-electron chi connectivity index (χ3n) is 4.24. The summed E-state index contributed by atoms with van der Waals surface area (Å²) < 4.78 is 0. The first kappa shape index (κ1) is 10.4. The van der Waals surface area contributed by atoms with Crippen LogP contribution in [0.5, 0.6) is 0 Å². The summed E-state index contributed by atoms with van der Waals surface area (Å²) in [6.07, 6.45) is 9.62. The smallest absolute Gasteiger partial charge is 0.0153 e. The predicted octanol–water partition coefficient (Wildman–Crippen LogP) is 2.04. The SMILES string of the molecule is CC1(NCC2(CN)CC2)CCCCC1. The quantitative estimate of drug-likeness (QED) is 0.722. The van der Waals surface area contributed by atoms with Gasteiger partial charge in [0.05, 0.1) is 0 Å². The molecular weight excluding hydrogens is 172 g/mol. The number of nitrogens with one attached hydrogen (secondary N) is 1. The number of nitrogens with two attached hydrogens (primary N) is 1. The van der Waals surface area contributed by atoms with Gasteiger partial charge in [-0.05, 0) is 44.6 Å². The molecule has 3 N–H and O–H groups in total. The van der Waals surface area contributed by atoms with E-state index < -0.39 is 0 Å². The average molecular weight is 196 g/mol. The molecule has 0 radical (unpaired) electrons. The van der Waals surface area contributed by atoms with Crippen molar-refractivity contribution in [2.75, 3.05) is 13.1 Å². The van der Waals surface area contributed by atoms with Gasteiger partial charge in [-0.15, -0.1) is 0 Å². The highest BCUT2D eigenvalue weighted by atomic mass is 15.0. The molecule has 0 aromatic heterocycles. The van der Waals surface area contributed by atoms with Crippen molar-refractivity contribution in [3.05, 3.63) is 0 Å². The standard InChI is InChI=1S/C12H24N2/c1-11(5-3-2-4-6-11)14-10-12(9-13)7-8-12/h14H,2-10,13H2,1H3. The molecule has 0 atom stereocenters.